The summed E-state index contributed by atoms with van der Waals surface area (Å²) in [6, 6.07) is 0. The highest BCUT2D eigenvalue weighted by molar-refractivity contribution is 5.76. The van der Waals surface area contributed by atoms with E-state index in [0.717, 1.165) is 0 Å². The van der Waals surface area contributed by atoms with Gasteiger partial charge in [-0.25, -0.2) is 0 Å². The summed E-state index contributed by atoms with van der Waals surface area (Å²) in [5.41, 5.74) is -0.756. The van der Waals surface area contributed by atoms with Crippen LogP contribution in [0.1, 0.15) is 34.6 Å². The molecule has 1 N–H and O–H groups in total. The minimum absolute atomic E-state index is 0.0788. The Bertz CT molecular complexity index is 320. The van der Waals surface area contributed by atoms with Crippen LogP contribution in [-0.2, 0) is 9.53 Å². The lowest BCUT2D eigenvalue weighted by atomic mass is 9.83. The van der Waals surface area contributed by atoms with E-state index in [2.05, 4.69) is 11.2 Å². The average molecular weight is 223 g/mol. The van der Waals surface area contributed by atoms with E-state index in [0.29, 0.717) is 6.54 Å². The summed E-state index contributed by atoms with van der Waals surface area (Å²) < 4.78 is 5.41. The molecule has 0 aliphatic carbocycles. The number of terminal acetylenes is 1. The van der Waals surface area contributed by atoms with Crippen molar-refractivity contribution in [3.8, 4) is 12.3 Å². The van der Waals surface area contributed by atoms with Crippen molar-refractivity contribution in [2.75, 3.05) is 6.54 Å². The van der Waals surface area contributed by atoms with Crippen molar-refractivity contribution >= 4 is 5.97 Å². The van der Waals surface area contributed by atoms with Gasteiger partial charge >= 0.3 is 5.97 Å². The van der Waals surface area contributed by atoms with Gasteiger partial charge in [-0.1, -0.05) is 0 Å². The highest BCUT2D eigenvalue weighted by Gasteiger charge is 2.47. The summed E-state index contributed by atoms with van der Waals surface area (Å²) in [6.07, 6.45) is 5.45. The second kappa shape index (κ2) is 4.10. The number of nitrogens with one attached hydrogen (secondary N) is 1. The van der Waals surface area contributed by atoms with Crippen LogP contribution in [0, 0.1) is 24.2 Å². The van der Waals surface area contributed by atoms with Gasteiger partial charge in [0.1, 0.15) is 5.60 Å². The second-order valence-corrected chi connectivity index (χ2v) is 5.89. The fourth-order valence-electron chi connectivity index (χ4n) is 2.08. The highest BCUT2D eigenvalue weighted by atomic mass is 16.6. The summed E-state index contributed by atoms with van der Waals surface area (Å²) in [6.45, 7) is 10.2. The van der Waals surface area contributed by atoms with Gasteiger partial charge in [0.2, 0.25) is 0 Å². The molecule has 0 spiro atoms. The van der Waals surface area contributed by atoms with Crippen LogP contribution in [0.5, 0.6) is 0 Å². The van der Waals surface area contributed by atoms with Gasteiger partial charge in [0.05, 0.1) is 5.92 Å². The maximum atomic E-state index is 12.1. The predicted octanol–water partition coefficient (Wildman–Crippen LogP) is 1.58. The molecule has 16 heavy (non-hydrogen) atoms. The first-order chi connectivity index (χ1) is 7.17. The molecule has 0 radical (unpaired) electrons. The SMILES string of the molecule is C#CC1CNC(C)(C)C1C(=O)OC(C)(C)C. The van der Waals surface area contributed by atoms with E-state index in [-0.39, 0.29) is 23.3 Å². The maximum absolute atomic E-state index is 12.1. The van der Waals surface area contributed by atoms with Crippen molar-refractivity contribution in [3.05, 3.63) is 0 Å². The average Bonchev–Trinajstić information content (AvgIpc) is 2.37. The molecule has 0 saturated carbocycles. The Balaban J connectivity index is 2.84. The van der Waals surface area contributed by atoms with Gasteiger partial charge in [-0.05, 0) is 34.6 Å². The molecule has 90 valence electrons. The molecular weight excluding hydrogens is 202 g/mol. The fraction of sp³-hybridized carbons (Fsp3) is 0.769. The molecule has 0 bridgehead atoms. The smallest absolute Gasteiger partial charge is 0.312 e. The molecule has 0 aromatic carbocycles. The van der Waals surface area contributed by atoms with E-state index in [1.54, 1.807) is 0 Å². The first-order valence-corrected chi connectivity index (χ1v) is 5.61. The summed E-state index contributed by atoms with van der Waals surface area (Å²) in [4.78, 5) is 12.1. The molecule has 3 heteroatoms. The third-order valence-electron chi connectivity index (χ3n) is 2.83. The molecule has 1 aliphatic rings. The van der Waals surface area contributed by atoms with Crippen molar-refractivity contribution in [2.45, 2.75) is 45.8 Å². The van der Waals surface area contributed by atoms with Crippen LogP contribution in [0.3, 0.4) is 0 Å². The molecule has 1 aliphatic heterocycles. The molecule has 1 fully saturated rings. The van der Waals surface area contributed by atoms with Crippen molar-refractivity contribution in [1.82, 2.24) is 5.32 Å². The number of ether oxygens (including phenoxy) is 1. The van der Waals surface area contributed by atoms with Gasteiger partial charge < -0.3 is 10.1 Å². The monoisotopic (exact) mass is 223 g/mol. The van der Waals surface area contributed by atoms with Gasteiger partial charge in [-0.2, -0.15) is 0 Å². The first kappa shape index (κ1) is 13.1. The fourth-order valence-corrected chi connectivity index (χ4v) is 2.08. The van der Waals surface area contributed by atoms with Gasteiger partial charge in [0, 0.05) is 18.0 Å². The zero-order valence-corrected chi connectivity index (χ0v) is 10.8. The van der Waals surface area contributed by atoms with Crippen LogP contribution in [0.25, 0.3) is 0 Å². The predicted molar refractivity (Wildman–Crippen MR) is 63.7 cm³/mol. The van der Waals surface area contributed by atoms with E-state index < -0.39 is 5.60 Å². The Morgan fingerprint density at radius 3 is 2.50 bits per heavy atom. The number of esters is 1. The molecule has 0 amide bonds. The van der Waals surface area contributed by atoms with Crippen LogP contribution >= 0.6 is 0 Å². The minimum Gasteiger partial charge on any atom is -0.460 e. The quantitative estimate of drug-likeness (QED) is 0.542. The number of hydrogen-bond acceptors (Lipinski definition) is 3. The van der Waals surface area contributed by atoms with Crippen molar-refractivity contribution < 1.29 is 9.53 Å². The van der Waals surface area contributed by atoms with Crippen LogP contribution in [-0.4, -0.2) is 23.7 Å². The Labute approximate surface area is 97.9 Å². The molecule has 3 nitrogen and oxygen atoms in total. The van der Waals surface area contributed by atoms with Crippen LogP contribution in [0.15, 0.2) is 0 Å². The highest BCUT2D eigenvalue weighted by Crippen LogP contribution is 2.32. The zero-order chi connectivity index (χ0) is 12.6. The van der Waals surface area contributed by atoms with E-state index in [9.17, 15) is 4.79 Å². The molecule has 2 unspecified atom stereocenters. The standard InChI is InChI=1S/C13H21NO2/c1-7-9-8-14-13(5,6)10(9)11(15)16-12(2,3)4/h1,9-10,14H,8H2,2-6H3. The van der Waals surface area contributed by atoms with Crippen molar-refractivity contribution in [3.63, 3.8) is 0 Å². The molecule has 1 rings (SSSR count). The lowest BCUT2D eigenvalue weighted by Gasteiger charge is -2.30. The number of carbonyl (C=O) groups excluding carboxylic acids is 1. The van der Waals surface area contributed by atoms with E-state index in [1.165, 1.54) is 0 Å². The molecule has 1 saturated heterocycles. The van der Waals surface area contributed by atoms with Crippen molar-refractivity contribution in [2.24, 2.45) is 11.8 Å². The van der Waals surface area contributed by atoms with Crippen molar-refractivity contribution in [1.29, 1.82) is 0 Å². The molecule has 1 heterocycles. The summed E-state index contributed by atoms with van der Waals surface area (Å²) in [5, 5.41) is 3.27. The Hall–Kier alpha value is -1.01. The first-order valence-electron chi connectivity index (χ1n) is 5.61. The lowest BCUT2D eigenvalue weighted by molar-refractivity contribution is -0.162. The Kier molecular flexibility index (Phi) is 3.35. The maximum Gasteiger partial charge on any atom is 0.312 e. The Morgan fingerprint density at radius 2 is 2.06 bits per heavy atom. The zero-order valence-electron chi connectivity index (χ0n) is 10.8. The van der Waals surface area contributed by atoms with Crippen LogP contribution in [0.2, 0.25) is 0 Å². The molecule has 0 aromatic heterocycles. The summed E-state index contributed by atoms with van der Waals surface area (Å²) in [7, 11) is 0. The van der Waals surface area contributed by atoms with Gasteiger partial charge in [-0.3, -0.25) is 4.79 Å². The number of rotatable bonds is 1. The third kappa shape index (κ3) is 2.76. The molecule has 0 aromatic rings. The third-order valence-corrected chi connectivity index (χ3v) is 2.83. The molecule has 2 atom stereocenters. The molecular formula is C13H21NO2. The summed E-state index contributed by atoms with van der Waals surface area (Å²) in [5.74, 6) is 2.12. The Morgan fingerprint density at radius 1 is 1.50 bits per heavy atom. The van der Waals surface area contributed by atoms with E-state index >= 15 is 0 Å². The van der Waals surface area contributed by atoms with Crippen LogP contribution in [0.4, 0.5) is 0 Å². The van der Waals surface area contributed by atoms with Gasteiger partial charge in [0.15, 0.2) is 0 Å². The van der Waals surface area contributed by atoms with Gasteiger partial charge in [0.25, 0.3) is 0 Å². The minimum atomic E-state index is -0.463. The summed E-state index contributed by atoms with van der Waals surface area (Å²) >= 11 is 0. The topological polar surface area (TPSA) is 38.3 Å². The second-order valence-electron chi connectivity index (χ2n) is 5.89. The number of carbonyl (C=O) groups is 1. The van der Waals surface area contributed by atoms with E-state index in [1.807, 2.05) is 34.6 Å². The lowest BCUT2D eigenvalue weighted by Crippen LogP contribution is -2.44. The van der Waals surface area contributed by atoms with Crippen LogP contribution < -0.4 is 5.32 Å². The van der Waals surface area contributed by atoms with E-state index in [4.69, 9.17) is 11.2 Å². The van der Waals surface area contributed by atoms with Gasteiger partial charge in [-0.15, -0.1) is 12.3 Å². The normalized spacial score (nSPS) is 28.5. The number of hydrogen-bond donors (Lipinski definition) is 1. The largest absolute Gasteiger partial charge is 0.460 e.